The summed E-state index contributed by atoms with van der Waals surface area (Å²) in [5.74, 6) is 0. The molecule has 1 fully saturated rings. The Morgan fingerprint density at radius 2 is 1.36 bits per heavy atom. The summed E-state index contributed by atoms with van der Waals surface area (Å²) in [7, 11) is 0. The lowest BCUT2D eigenvalue weighted by Gasteiger charge is -2.60. The number of benzene rings is 3. The minimum absolute atomic E-state index is 0.323. The summed E-state index contributed by atoms with van der Waals surface area (Å²) in [5.41, 5.74) is 2.51. The van der Waals surface area contributed by atoms with E-state index in [1.165, 1.54) is 0 Å². The number of anilines is 1. The van der Waals surface area contributed by atoms with Crippen molar-refractivity contribution in [2.45, 2.75) is 5.54 Å². The van der Waals surface area contributed by atoms with Gasteiger partial charge in [-0.3, -0.25) is 0 Å². The van der Waals surface area contributed by atoms with Gasteiger partial charge in [0, 0.05) is 10.7 Å². The van der Waals surface area contributed by atoms with Crippen molar-refractivity contribution in [3.63, 3.8) is 0 Å². The molecule has 3 nitrogen and oxygen atoms in total. The van der Waals surface area contributed by atoms with Crippen LogP contribution in [0.2, 0.25) is 5.02 Å². The van der Waals surface area contributed by atoms with Crippen molar-refractivity contribution in [3.8, 4) is 0 Å². The zero-order valence-electron chi connectivity index (χ0n) is 13.7. The summed E-state index contributed by atoms with van der Waals surface area (Å²) < 4.78 is -0.323. The number of halogens is 1. The van der Waals surface area contributed by atoms with Gasteiger partial charge in [0.2, 0.25) is 0 Å². The van der Waals surface area contributed by atoms with E-state index in [0.717, 1.165) is 16.9 Å². The Kier molecular flexibility index (Phi) is 4.00. The van der Waals surface area contributed by atoms with E-state index in [1.807, 2.05) is 72.8 Å². The largest absolute Gasteiger partial charge is 0.627 e. The van der Waals surface area contributed by atoms with E-state index >= 15 is 0 Å². The van der Waals surface area contributed by atoms with Crippen molar-refractivity contribution in [1.29, 1.82) is 0 Å². The predicted molar refractivity (Wildman–Crippen MR) is 105 cm³/mol. The Hall–Kier alpha value is -2.33. The van der Waals surface area contributed by atoms with Crippen LogP contribution in [0.1, 0.15) is 5.56 Å². The second kappa shape index (κ2) is 6.19. The molecule has 4 rings (SSSR count). The van der Waals surface area contributed by atoms with Gasteiger partial charge in [-0.1, -0.05) is 60.1 Å². The van der Waals surface area contributed by atoms with Gasteiger partial charge in [-0.15, -0.1) is 0 Å². The molecule has 4 heteroatoms. The summed E-state index contributed by atoms with van der Waals surface area (Å²) in [6, 6.07) is 27.4. The van der Waals surface area contributed by atoms with Gasteiger partial charge >= 0.3 is 0 Å². The summed E-state index contributed by atoms with van der Waals surface area (Å²) in [4.78, 5) is 0. The molecule has 0 saturated carbocycles. The summed E-state index contributed by atoms with van der Waals surface area (Å²) in [6.07, 6.45) is 0. The highest BCUT2D eigenvalue weighted by Crippen LogP contribution is 2.43. The molecular weight excluding hydrogens is 332 g/mol. The Bertz CT molecular complexity index is 844. The predicted octanol–water partition coefficient (Wildman–Crippen LogP) is 5.17. The van der Waals surface area contributed by atoms with Gasteiger partial charge in [0.15, 0.2) is 5.54 Å². The van der Waals surface area contributed by atoms with Crippen LogP contribution >= 0.6 is 11.6 Å². The topological polar surface area (TPSA) is 35.1 Å². The molecule has 0 amide bonds. The van der Waals surface area contributed by atoms with Crippen LogP contribution < -0.4 is 9.96 Å². The molecular formula is C21H19ClN2O. The SMILES string of the molecule is [O-][N+]1(c2ccccc2)CC(Nc2ccc(Cl)cc2)(c2ccccc2)C1. The van der Waals surface area contributed by atoms with Crippen LogP contribution in [-0.2, 0) is 5.54 Å². The molecule has 0 spiro atoms. The van der Waals surface area contributed by atoms with Gasteiger partial charge < -0.3 is 15.2 Å². The fourth-order valence-corrected chi connectivity index (χ4v) is 3.73. The third-order valence-electron chi connectivity index (χ3n) is 4.83. The van der Waals surface area contributed by atoms with Crippen LogP contribution in [0.5, 0.6) is 0 Å². The molecule has 0 bridgehead atoms. The highest BCUT2D eigenvalue weighted by molar-refractivity contribution is 6.30. The Morgan fingerprint density at radius 3 is 1.96 bits per heavy atom. The first-order valence-corrected chi connectivity index (χ1v) is 8.71. The smallest absolute Gasteiger partial charge is 0.163 e. The molecule has 3 aromatic rings. The number of nitrogens with zero attached hydrogens (tertiary/aromatic N) is 1. The van der Waals surface area contributed by atoms with Crippen LogP contribution in [0.25, 0.3) is 0 Å². The van der Waals surface area contributed by atoms with Gasteiger partial charge in [0.1, 0.15) is 18.8 Å². The average molecular weight is 351 g/mol. The number of hydrogen-bond donors (Lipinski definition) is 1. The molecule has 1 N–H and O–H groups in total. The number of quaternary nitrogens is 1. The Labute approximate surface area is 152 Å². The lowest BCUT2D eigenvalue weighted by molar-refractivity contribution is 0.144. The first-order valence-electron chi connectivity index (χ1n) is 8.33. The van der Waals surface area contributed by atoms with Gasteiger partial charge in [-0.05, 0) is 42.0 Å². The standard InChI is InChI=1S/C21H19ClN2O/c22-18-11-13-19(14-12-18)23-21(17-7-3-1-4-8-17)15-24(25,16-21)20-9-5-2-6-10-20/h1-14,23H,15-16H2. The maximum atomic E-state index is 13.3. The fraction of sp³-hybridized carbons (Fsp3) is 0.143. The number of rotatable bonds is 4. The lowest BCUT2D eigenvalue weighted by Crippen LogP contribution is -2.73. The first kappa shape index (κ1) is 16.2. The van der Waals surface area contributed by atoms with Crippen LogP contribution in [0.4, 0.5) is 11.4 Å². The molecule has 1 saturated heterocycles. The highest BCUT2D eigenvalue weighted by atomic mass is 35.5. The zero-order valence-corrected chi connectivity index (χ0v) is 14.5. The van der Waals surface area contributed by atoms with E-state index in [-0.39, 0.29) is 10.2 Å². The number of nitrogens with one attached hydrogen (secondary N) is 1. The molecule has 0 atom stereocenters. The monoisotopic (exact) mass is 350 g/mol. The molecule has 126 valence electrons. The molecule has 0 unspecified atom stereocenters. The van der Waals surface area contributed by atoms with Crippen molar-refractivity contribution in [3.05, 3.63) is 101 Å². The summed E-state index contributed by atoms with van der Waals surface area (Å²) >= 11 is 5.99. The Balaban J connectivity index is 1.67. The molecule has 0 aromatic heterocycles. The minimum Gasteiger partial charge on any atom is -0.627 e. The summed E-state index contributed by atoms with van der Waals surface area (Å²) in [5, 5.41) is 17.6. The Morgan fingerprint density at radius 1 is 0.800 bits per heavy atom. The van der Waals surface area contributed by atoms with E-state index in [1.54, 1.807) is 0 Å². The normalized spacial score (nSPS) is 25.2. The molecule has 1 aliphatic rings. The number of hydroxylamine groups is 2. The molecule has 1 aliphatic heterocycles. The molecule has 0 radical (unpaired) electrons. The van der Waals surface area contributed by atoms with Crippen molar-refractivity contribution in [1.82, 2.24) is 4.65 Å². The second-order valence-electron chi connectivity index (χ2n) is 6.62. The van der Waals surface area contributed by atoms with Gasteiger partial charge in [0.25, 0.3) is 0 Å². The van der Waals surface area contributed by atoms with E-state index in [0.29, 0.717) is 18.1 Å². The maximum absolute atomic E-state index is 13.3. The van der Waals surface area contributed by atoms with Crippen molar-refractivity contribution in [2.75, 3.05) is 18.4 Å². The van der Waals surface area contributed by atoms with Crippen molar-refractivity contribution < 1.29 is 0 Å². The van der Waals surface area contributed by atoms with Crippen LogP contribution in [0.15, 0.2) is 84.9 Å². The first-order chi connectivity index (χ1) is 12.1. The van der Waals surface area contributed by atoms with Crippen molar-refractivity contribution >= 4 is 23.0 Å². The van der Waals surface area contributed by atoms with E-state index < -0.39 is 0 Å². The molecule has 0 aliphatic carbocycles. The third-order valence-corrected chi connectivity index (χ3v) is 5.08. The lowest BCUT2D eigenvalue weighted by atomic mass is 9.80. The third kappa shape index (κ3) is 3.02. The van der Waals surface area contributed by atoms with Gasteiger partial charge in [-0.25, -0.2) is 0 Å². The zero-order chi connectivity index (χ0) is 17.3. The number of para-hydroxylation sites is 1. The number of hydrogen-bond acceptors (Lipinski definition) is 2. The molecule has 3 aromatic carbocycles. The van der Waals surface area contributed by atoms with E-state index in [2.05, 4.69) is 17.4 Å². The summed E-state index contributed by atoms with van der Waals surface area (Å²) in [6.45, 7) is 0.896. The van der Waals surface area contributed by atoms with Gasteiger partial charge in [-0.2, -0.15) is 0 Å². The van der Waals surface area contributed by atoms with E-state index in [4.69, 9.17) is 11.6 Å². The molecule has 1 heterocycles. The second-order valence-corrected chi connectivity index (χ2v) is 7.06. The fourth-order valence-electron chi connectivity index (χ4n) is 3.61. The van der Waals surface area contributed by atoms with Gasteiger partial charge in [0.05, 0.1) is 0 Å². The molecule has 25 heavy (non-hydrogen) atoms. The highest BCUT2D eigenvalue weighted by Gasteiger charge is 2.54. The minimum atomic E-state index is -0.382. The maximum Gasteiger partial charge on any atom is 0.163 e. The van der Waals surface area contributed by atoms with Crippen molar-refractivity contribution in [2.24, 2.45) is 0 Å². The van der Waals surface area contributed by atoms with Crippen LogP contribution in [0, 0.1) is 5.21 Å². The average Bonchev–Trinajstić information content (AvgIpc) is 2.63. The van der Waals surface area contributed by atoms with Crippen LogP contribution in [0.3, 0.4) is 0 Å². The van der Waals surface area contributed by atoms with Crippen LogP contribution in [-0.4, -0.2) is 13.1 Å². The van der Waals surface area contributed by atoms with E-state index in [9.17, 15) is 5.21 Å². The quantitative estimate of drug-likeness (QED) is 0.520.